The van der Waals surface area contributed by atoms with Gasteiger partial charge in [-0.25, -0.2) is 0 Å². The summed E-state index contributed by atoms with van der Waals surface area (Å²) < 4.78 is 38.7. The Balaban J connectivity index is 2.39. The number of alkyl halides is 3. The molecule has 2 rings (SSSR count). The Hall–Kier alpha value is -1.43. The number of carbonyl (C=O) groups excluding carboxylic acids is 1. The van der Waals surface area contributed by atoms with Crippen LogP contribution in [0.1, 0.15) is 42.1 Å². The van der Waals surface area contributed by atoms with Crippen LogP contribution in [0.25, 0.3) is 0 Å². The SMILES string of the molecule is CC1(C(=O)c2cnccc2C(F)(F)F)CCCCN1. The van der Waals surface area contributed by atoms with Crippen LogP contribution in [0, 0.1) is 0 Å². The lowest BCUT2D eigenvalue weighted by Gasteiger charge is -2.34. The van der Waals surface area contributed by atoms with Gasteiger partial charge in [0.05, 0.1) is 16.7 Å². The van der Waals surface area contributed by atoms with Crippen LogP contribution in [0.2, 0.25) is 0 Å². The minimum absolute atomic E-state index is 0.355. The van der Waals surface area contributed by atoms with Gasteiger partial charge in [0, 0.05) is 12.4 Å². The molecule has 0 spiro atoms. The molecule has 1 aromatic rings. The van der Waals surface area contributed by atoms with Crippen LogP contribution in [0.15, 0.2) is 18.5 Å². The van der Waals surface area contributed by atoms with E-state index in [4.69, 9.17) is 0 Å². The molecule has 0 amide bonds. The molecule has 0 aromatic carbocycles. The number of pyridine rings is 1. The summed E-state index contributed by atoms with van der Waals surface area (Å²) in [5, 5.41) is 3.03. The standard InChI is InChI=1S/C13H15F3N2O/c1-12(5-2-3-6-18-12)11(19)9-8-17-7-4-10(9)13(14,15)16/h4,7-8,18H,2-3,5-6H2,1H3. The molecule has 1 fully saturated rings. The Morgan fingerprint density at radius 3 is 2.74 bits per heavy atom. The lowest BCUT2D eigenvalue weighted by Crippen LogP contribution is -2.52. The van der Waals surface area contributed by atoms with Crippen LogP contribution >= 0.6 is 0 Å². The van der Waals surface area contributed by atoms with Crippen molar-refractivity contribution in [2.24, 2.45) is 0 Å². The van der Waals surface area contributed by atoms with Crippen molar-refractivity contribution < 1.29 is 18.0 Å². The van der Waals surface area contributed by atoms with Gasteiger partial charge in [0.25, 0.3) is 0 Å². The van der Waals surface area contributed by atoms with E-state index in [2.05, 4.69) is 10.3 Å². The third-order valence-corrected chi connectivity index (χ3v) is 3.49. The first-order valence-corrected chi connectivity index (χ1v) is 6.16. The molecule has 6 heteroatoms. The maximum absolute atomic E-state index is 12.9. The molecule has 3 nitrogen and oxygen atoms in total. The van der Waals surface area contributed by atoms with Gasteiger partial charge in [-0.3, -0.25) is 9.78 Å². The number of hydrogen-bond donors (Lipinski definition) is 1. The maximum atomic E-state index is 12.9. The zero-order chi connectivity index (χ0) is 14.1. The fourth-order valence-electron chi connectivity index (χ4n) is 2.37. The molecule has 0 saturated carbocycles. The largest absolute Gasteiger partial charge is 0.417 e. The molecule has 0 bridgehead atoms. The predicted molar refractivity (Wildman–Crippen MR) is 63.8 cm³/mol. The molecule has 19 heavy (non-hydrogen) atoms. The van der Waals surface area contributed by atoms with Crippen LogP contribution in [-0.2, 0) is 6.18 Å². The molecule has 0 aliphatic carbocycles. The third kappa shape index (κ3) is 2.78. The van der Waals surface area contributed by atoms with Gasteiger partial charge in [-0.15, -0.1) is 0 Å². The number of rotatable bonds is 2. The molecule has 1 aromatic heterocycles. The van der Waals surface area contributed by atoms with E-state index in [0.29, 0.717) is 13.0 Å². The molecule has 0 radical (unpaired) electrons. The van der Waals surface area contributed by atoms with E-state index in [1.165, 1.54) is 0 Å². The lowest BCUT2D eigenvalue weighted by molar-refractivity contribution is -0.138. The van der Waals surface area contributed by atoms with Gasteiger partial charge in [-0.2, -0.15) is 13.2 Å². The van der Waals surface area contributed by atoms with E-state index in [-0.39, 0.29) is 5.56 Å². The maximum Gasteiger partial charge on any atom is 0.417 e. The van der Waals surface area contributed by atoms with Gasteiger partial charge >= 0.3 is 6.18 Å². The fourth-order valence-corrected chi connectivity index (χ4v) is 2.37. The van der Waals surface area contributed by atoms with Crippen molar-refractivity contribution in [3.63, 3.8) is 0 Å². The number of nitrogens with zero attached hydrogens (tertiary/aromatic N) is 1. The van der Waals surface area contributed by atoms with E-state index in [1.807, 2.05) is 0 Å². The molecular formula is C13H15F3N2O. The zero-order valence-corrected chi connectivity index (χ0v) is 10.5. The summed E-state index contributed by atoms with van der Waals surface area (Å²) in [6.07, 6.45) is -0.182. The highest BCUT2D eigenvalue weighted by atomic mass is 19.4. The van der Waals surface area contributed by atoms with Crippen LogP contribution in [0.5, 0.6) is 0 Å². The van der Waals surface area contributed by atoms with Crippen molar-refractivity contribution in [1.29, 1.82) is 0 Å². The van der Waals surface area contributed by atoms with Crippen molar-refractivity contribution in [3.05, 3.63) is 29.6 Å². The lowest BCUT2D eigenvalue weighted by atomic mass is 9.83. The van der Waals surface area contributed by atoms with E-state index in [1.54, 1.807) is 6.92 Å². The van der Waals surface area contributed by atoms with E-state index in [0.717, 1.165) is 31.3 Å². The van der Waals surface area contributed by atoms with Crippen molar-refractivity contribution in [2.75, 3.05) is 6.54 Å². The Morgan fingerprint density at radius 2 is 2.16 bits per heavy atom. The second kappa shape index (κ2) is 4.92. The summed E-state index contributed by atoms with van der Waals surface area (Å²) in [4.78, 5) is 16.0. The summed E-state index contributed by atoms with van der Waals surface area (Å²) >= 11 is 0. The van der Waals surface area contributed by atoms with Gasteiger partial charge in [-0.1, -0.05) is 0 Å². The zero-order valence-electron chi connectivity index (χ0n) is 10.5. The second-order valence-corrected chi connectivity index (χ2v) is 4.96. The van der Waals surface area contributed by atoms with Crippen molar-refractivity contribution in [1.82, 2.24) is 10.3 Å². The van der Waals surface area contributed by atoms with Crippen molar-refractivity contribution in [3.8, 4) is 0 Å². The average molecular weight is 272 g/mol. The van der Waals surface area contributed by atoms with Gasteiger partial charge in [-0.05, 0) is 38.8 Å². The molecule has 1 N–H and O–H groups in total. The second-order valence-electron chi connectivity index (χ2n) is 4.96. The Morgan fingerprint density at radius 1 is 1.42 bits per heavy atom. The number of Topliss-reactive ketones (excluding diaryl/α,β-unsaturated/α-hetero) is 1. The number of ketones is 1. The number of halogens is 3. The monoisotopic (exact) mass is 272 g/mol. The molecule has 1 atom stereocenters. The Bertz CT molecular complexity index is 479. The summed E-state index contributed by atoms with van der Waals surface area (Å²) in [5.74, 6) is -0.535. The van der Waals surface area contributed by atoms with Gasteiger partial charge in [0.1, 0.15) is 0 Å². The highest BCUT2D eigenvalue weighted by Gasteiger charge is 2.41. The van der Waals surface area contributed by atoms with Crippen LogP contribution in [0.3, 0.4) is 0 Å². The minimum Gasteiger partial charge on any atom is -0.305 e. The first-order valence-electron chi connectivity index (χ1n) is 6.16. The smallest absolute Gasteiger partial charge is 0.305 e. The van der Waals surface area contributed by atoms with Crippen LogP contribution in [-0.4, -0.2) is 22.9 Å². The summed E-state index contributed by atoms with van der Waals surface area (Å²) in [7, 11) is 0. The quantitative estimate of drug-likeness (QED) is 0.842. The molecule has 1 saturated heterocycles. The number of carbonyl (C=O) groups is 1. The Kier molecular flexibility index (Phi) is 3.62. The number of piperidine rings is 1. The number of aromatic nitrogens is 1. The molecular weight excluding hydrogens is 257 g/mol. The van der Waals surface area contributed by atoms with Crippen molar-refractivity contribution >= 4 is 5.78 Å². The first kappa shape index (κ1) is 14.0. The Labute approximate surface area is 109 Å². The highest BCUT2D eigenvalue weighted by molar-refractivity contribution is 6.04. The van der Waals surface area contributed by atoms with E-state index >= 15 is 0 Å². The van der Waals surface area contributed by atoms with Crippen LogP contribution < -0.4 is 5.32 Å². The molecule has 104 valence electrons. The minimum atomic E-state index is -4.54. The number of hydrogen-bond acceptors (Lipinski definition) is 3. The van der Waals surface area contributed by atoms with E-state index < -0.39 is 23.1 Å². The summed E-state index contributed by atoms with van der Waals surface area (Å²) in [6.45, 7) is 2.30. The number of nitrogens with one attached hydrogen (secondary N) is 1. The van der Waals surface area contributed by atoms with Gasteiger partial charge in [0.2, 0.25) is 0 Å². The topological polar surface area (TPSA) is 42.0 Å². The normalized spacial score (nSPS) is 24.2. The highest BCUT2D eigenvalue weighted by Crippen LogP contribution is 2.34. The first-order chi connectivity index (χ1) is 8.84. The summed E-state index contributed by atoms with van der Waals surface area (Å²) in [5.41, 5.74) is -2.20. The van der Waals surface area contributed by atoms with Crippen LogP contribution in [0.4, 0.5) is 13.2 Å². The molecule has 1 aliphatic rings. The summed E-state index contributed by atoms with van der Waals surface area (Å²) in [6, 6.07) is 0.847. The molecule has 1 unspecified atom stereocenters. The molecule has 2 heterocycles. The average Bonchev–Trinajstić information content (AvgIpc) is 2.38. The van der Waals surface area contributed by atoms with Crippen molar-refractivity contribution in [2.45, 2.75) is 37.9 Å². The fraction of sp³-hybridized carbons (Fsp3) is 0.538. The predicted octanol–water partition coefficient (Wildman–Crippen LogP) is 2.82. The molecule has 1 aliphatic heterocycles. The van der Waals surface area contributed by atoms with Gasteiger partial charge in [0.15, 0.2) is 5.78 Å². The van der Waals surface area contributed by atoms with E-state index in [9.17, 15) is 18.0 Å². The third-order valence-electron chi connectivity index (χ3n) is 3.49. The van der Waals surface area contributed by atoms with Gasteiger partial charge < -0.3 is 5.32 Å².